The van der Waals surface area contributed by atoms with Crippen LogP contribution in [0.15, 0.2) is 6.07 Å². The normalized spacial score (nSPS) is 20.0. The monoisotopic (exact) mass is 487 g/mol. The lowest BCUT2D eigenvalue weighted by atomic mass is 9.93. The number of amides is 2. The number of pyridine rings is 1. The number of nitrogens with two attached hydrogens (primary N) is 1. The number of aryl methyl sites for hydroxylation is 1. The summed E-state index contributed by atoms with van der Waals surface area (Å²) in [6.07, 6.45) is 3.71. The summed E-state index contributed by atoms with van der Waals surface area (Å²) in [6.45, 7) is 7.99. The Morgan fingerprint density at radius 3 is 2.74 bits per heavy atom. The maximum Gasteiger partial charge on any atom is 0.263 e. The third-order valence-corrected chi connectivity index (χ3v) is 7.23. The summed E-state index contributed by atoms with van der Waals surface area (Å²) >= 11 is 1.40. The van der Waals surface area contributed by atoms with Crippen molar-refractivity contribution in [3.8, 4) is 5.88 Å². The second-order valence-electron chi connectivity index (χ2n) is 9.39. The van der Waals surface area contributed by atoms with E-state index in [2.05, 4.69) is 34.4 Å². The highest BCUT2D eigenvalue weighted by Crippen LogP contribution is 2.29. The van der Waals surface area contributed by atoms with Crippen molar-refractivity contribution in [3.63, 3.8) is 0 Å². The van der Waals surface area contributed by atoms with E-state index in [9.17, 15) is 9.59 Å². The van der Waals surface area contributed by atoms with Gasteiger partial charge in [-0.25, -0.2) is 9.97 Å². The van der Waals surface area contributed by atoms with Crippen molar-refractivity contribution in [2.45, 2.75) is 71.6 Å². The number of nitrogens with one attached hydrogen (secondary N) is 2. The van der Waals surface area contributed by atoms with Crippen LogP contribution < -0.4 is 21.1 Å². The van der Waals surface area contributed by atoms with Crippen LogP contribution in [0.5, 0.6) is 5.88 Å². The first-order chi connectivity index (χ1) is 16.3. The van der Waals surface area contributed by atoms with Gasteiger partial charge < -0.3 is 25.8 Å². The minimum Gasteiger partial charge on any atom is -0.474 e. The van der Waals surface area contributed by atoms with E-state index in [1.807, 2.05) is 6.92 Å². The standard InChI is InChI=1S/C24H33N5O4S/c1-13(2)11-26-24-27-14(3)20(34-24)22(31)28-16-4-6-17(7-5-16)33-23-18(21(25)30)10-15-12-32-9-8-19(15)29-23/h10,13,16-17H,4-9,11-12H2,1-3H3,(H2,25,30)(H,26,27)(H,28,31)/t16-,17-. The fourth-order valence-corrected chi connectivity index (χ4v) is 5.12. The van der Waals surface area contributed by atoms with Gasteiger partial charge in [0.25, 0.3) is 11.8 Å². The van der Waals surface area contributed by atoms with E-state index >= 15 is 0 Å². The summed E-state index contributed by atoms with van der Waals surface area (Å²) in [6, 6.07) is 1.82. The number of ether oxygens (including phenoxy) is 2. The van der Waals surface area contributed by atoms with Gasteiger partial charge in [-0.3, -0.25) is 9.59 Å². The van der Waals surface area contributed by atoms with Crippen LogP contribution in [0.1, 0.15) is 76.5 Å². The molecule has 1 saturated carbocycles. The van der Waals surface area contributed by atoms with E-state index < -0.39 is 5.91 Å². The molecule has 2 aromatic heterocycles. The molecule has 2 amide bonds. The molecule has 4 N–H and O–H groups in total. The highest BCUT2D eigenvalue weighted by Gasteiger charge is 2.28. The lowest BCUT2D eigenvalue weighted by Crippen LogP contribution is -2.39. The molecule has 0 spiro atoms. The van der Waals surface area contributed by atoms with Crippen molar-refractivity contribution < 1.29 is 19.1 Å². The van der Waals surface area contributed by atoms with Gasteiger partial charge in [-0.15, -0.1) is 0 Å². The molecule has 3 heterocycles. The van der Waals surface area contributed by atoms with Crippen LogP contribution in [0.3, 0.4) is 0 Å². The molecule has 34 heavy (non-hydrogen) atoms. The second kappa shape index (κ2) is 10.7. The molecule has 10 heteroatoms. The van der Waals surface area contributed by atoms with Crippen LogP contribution in [-0.4, -0.2) is 47.1 Å². The average Bonchev–Trinajstić information content (AvgIpc) is 3.19. The summed E-state index contributed by atoms with van der Waals surface area (Å²) in [4.78, 5) is 34.5. The first-order valence-corrected chi connectivity index (χ1v) is 12.7. The molecule has 1 fully saturated rings. The summed E-state index contributed by atoms with van der Waals surface area (Å²) in [5, 5.41) is 7.22. The Bertz CT molecular complexity index is 1050. The third-order valence-electron chi connectivity index (χ3n) is 6.11. The predicted molar refractivity (Wildman–Crippen MR) is 130 cm³/mol. The number of thiazole rings is 1. The van der Waals surface area contributed by atoms with Crippen molar-refractivity contribution in [3.05, 3.63) is 33.5 Å². The average molecular weight is 488 g/mol. The molecule has 2 aromatic rings. The van der Waals surface area contributed by atoms with E-state index in [1.54, 1.807) is 6.07 Å². The second-order valence-corrected chi connectivity index (χ2v) is 10.4. The van der Waals surface area contributed by atoms with Gasteiger partial charge in [0.15, 0.2) is 5.13 Å². The molecule has 2 aliphatic rings. The van der Waals surface area contributed by atoms with Crippen molar-refractivity contribution in [1.82, 2.24) is 15.3 Å². The van der Waals surface area contributed by atoms with Crippen molar-refractivity contribution in [2.24, 2.45) is 11.7 Å². The van der Waals surface area contributed by atoms with Gasteiger partial charge in [-0.2, -0.15) is 0 Å². The van der Waals surface area contributed by atoms with E-state index in [0.717, 1.165) is 54.3 Å². The van der Waals surface area contributed by atoms with Gasteiger partial charge in [0.05, 0.1) is 24.6 Å². The van der Waals surface area contributed by atoms with Gasteiger partial charge in [-0.1, -0.05) is 25.2 Å². The molecular weight excluding hydrogens is 454 g/mol. The number of carbonyl (C=O) groups is 2. The van der Waals surface area contributed by atoms with Gasteiger partial charge in [-0.05, 0) is 44.6 Å². The number of hydrogen-bond acceptors (Lipinski definition) is 8. The molecule has 0 atom stereocenters. The quantitative estimate of drug-likeness (QED) is 0.521. The van der Waals surface area contributed by atoms with Gasteiger partial charge in [0, 0.05) is 24.6 Å². The molecule has 0 radical (unpaired) electrons. The Morgan fingerprint density at radius 2 is 2.03 bits per heavy atom. The van der Waals surface area contributed by atoms with E-state index in [1.165, 1.54) is 11.3 Å². The summed E-state index contributed by atoms with van der Waals surface area (Å²) < 4.78 is 11.6. The van der Waals surface area contributed by atoms with Gasteiger partial charge in [0.2, 0.25) is 5.88 Å². The molecule has 4 rings (SSSR count). The molecule has 0 bridgehead atoms. The van der Waals surface area contributed by atoms with Crippen LogP contribution >= 0.6 is 11.3 Å². The molecule has 1 aliphatic carbocycles. The lowest BCUT2D eigenvalue weighted by molar-refractivity contribution is 0.0878. The molecule has 0 saturated heterocycles. The SMILES string of the molecule is Cc1nc(NCC(C)C)sc1C(=O)N[C@H]1CC[C@H](Oc2nc3c(cc2C(N)=O)COCC3)CC1. The molecule has 0 unspecified atom stereocenters. The molecule has 0 aromatic carbocycles. The Kier molecular flexibility index (Phi) is 7.67. The summed E-state index contributed by atoms with van der Waals surface area (Å²) in [5.74, 6) is 0.177. The molecule has 184 valence electrons. The third kappa shape index (κ3) is 5.85. The molecule has 1 aliphatic heterocycles. The maximum atomic E-state index is 12.8. The largest absolute Gasteiger partial charge is 0.474 e. The van der Waals surface area contributed by atoms with Crippen molar-refractivity contribution in [2.75, 3.05) is 18.5 Å². The zero-order valence-corrected chi connectivity index (χ0v) is 20.8. The maximum absolute atomic E-state index is 12.8. The van der Waals surface area contributed by atoms with E-state index in [-0.39, 0.29) is 18.1 Å². The number of anilines is 1. The molecular formula is C24H33N5O4S. The summed E-state index contributed by atoms with van der Waals surface area (Å²) in [5.41, 5.74) is 8.40. The fourth-order valence-electron chi connectivity index (χ4n) is 4.24. The fraction of sp³-hybridized carbons (Fsp3) is 0.583. The van der Waals surface area contributed by atoms with Crippen LogP contribution in [0, 0.1) is 12.8 Å². The molecule has 9 nitrogen and oxygen atoms in total. The van der Waals surface area contributed by atoms with Gasteiger partial charge in [0.1, 0.15) is 16.5 Å². The number of nitrogens with zero attached hydrogens (tertiary/aromatic N) is 2. The van der Waals surface area contributed by atoms with Crippen LogP contribution in [0.2, 0.25) is 0 Å². The first-order valence-electron chi connectivity index (χ1n) is 11.9. The number of carbonyl (C=O) groups excluding carboxylic acids is 2. The van der Waals surface area contributed by atoms with Crippen LogP contribution in [0.25, 0.3) is 0 Å². The zero-order valence-electron chi connectivity index (χ0n) is 20.0. The number of fused-ring (bicyclic) bond motifs is 1. The number of rotatable bonds is 8. The lowest BCUT2D eigenvalue weighted by Gasteiger charge is -2.30. The van der Waals surface area contributed by atoms with Crippen molar-refractivity contribution >= 4 is 28.3 Å². The smallest absolute Gasteiger partial charge is 0.263 e. The Morgan fingerprint density at radius 1 is 1.26 bits per heavy atom. The minimum atomic E-state index is -0.556. The summed E-state index contributed by atoms with van der Waals surface area (Å²) in [7, 11) is 0. The highest BCUT2D eigenvalue weighted by molar-refractivity contribution is 7.17. The van der Waals surface area contributed by atoms with E-state index in [0.29, 0.717) is 41.9 Å². The van der Waals surface area contributed by atoms with Crippen LogP contribution in [0.4, 0.5) is 5.13 Å². The topological polar surface area (TPSA) is 128 Å². The minimum absolute atomic E-state index is 0.0742. The van der Waals surface area contributed by atoms with Crippen LogP contribution in [-0.2, 0) is 17.8 Å². The van der Waals surface area contributed by atoms with E-state index in [4.69, 9.17) is 15.2 Å². The van der Waals surface area contributed by atoms with Crippen molar-refractivity contribution in [1.29, 1.82) is 0 Å². The number of hydrogen-bond donors (Lipinski definition) is 3. The Balaban J connectivity index is 1.33. The highest BCUT2D eigenvalue weighted by atomic mass is 32.1. The predicted octanol–water partition coefficient (Wildman–Crippen LogP) is 3.21. The first kappa shape index (κ1) is 24.4. The zero-order chi connectivity index (χ0) is 24.2. The number of primary amides is 1. The Labute approximate surface area is 203 Å². The Hall–Kier alpha value is -2.72. The van der Waals surface area contributed by atoms with Gasteiger partial charge >= 0.3 is 0 Å². The number of aromatic nitrogens is 2.